The summed E-state index contributed by atoms with van der Waals surface area (Å²) in [4.78, 5) is 5.54. The number of benzene rings is 2. The Morgan fingerprint density at radius 1 is 1.06 bits per heavy atom. The molecule has 1 spiro atoms. The first-order valence-electron chi connectivity index (χ1n) is 12.3. The highest BCUT2D eigenvalue weighted by Crippen LogP contribution is 2.64. The van der Waals surface area contributed by atoms with Crippen molar-refractivity contribution in [2.45, 2.75) is 81.6 Å². The SMILES string of the molecule is CC(C)(C)[Si](C)(C)OC[C@H]1[C@@H]2[C@H]3N(Cc4ccccc4)CC[C@]34c3ccccc3N[C@@H]4N21. The third-order valence-corrected chi connectivity index (χ3v) is 13.7. The fraction of sp³-hybridized carbons (Fsp3) is 0.556. The second-order valence-electron chi connectivity index (χ2n) is 11.9. The first kappa shape index (κ1) is 20.9. The molecular formula is C27H37N3OSi. The molecule has 1 N–H and O–H groups in total. The quantitative estimate of drug-likeness (QED) is 0.513. The number of nitrogens with zero attached hydrogens (tertiary/aromatic N) is 2. The minimum Gasteiger partial charge on any atom is -0.415 e. The molecule has 4 aliphatic rings. The summed E-state index contributed by atoms with van der Waals surface area (Å²) in [6.07, 6.45) is 1.64. The van der Waals surface area contributed by atoms with Gasteiger partial charge in [0.1, 0.15) is 0 Å². The van der Waals surface area contributed by atoms with Gasteiger partial charge in [0, 0.05) is 29.7 Å². The van der Waals surface area contributed by atoms with Crippen LogP contribution < -0.4 is 5.32 Å². The number of hydrogen-bond acceptors (Lipinski definition) is 4. The highest BCUT2D eigenvalue weighted by Gasteiger charge is 2.76. The number of nitrogens with one attached hydrogen (secondary N) is 1. The Labute approximate surface area is 194 Å². The molecule has 4 heterocycles. The van der Waals surface area contributed by atoms with Crippen molar-refractivity contribution in [1.29, 1.82) is 0 Å². The summed E-state index contributed by atoms with van der Waals surface area (Å²) in [5, 5.41) is 4.20. The maximum Gasteiger partial charge on any atom is 0.192 e. The van der Waals surface area contributed by atoms with E-state index >= 15 is 0 Å². The van der Waals surface area contributed by atoms with E-state index in [0.717, 1.165) is 13.2 Å². The van der Waals surface area contributed by atoms with Crippen LogP contribution in [0.4, 0.5) is 5.69 Å². The molecule has 1 unspecified atom stereocenters. The summed E-state index contributed by atoms with van der Waals surface area (Å²) in [5.74, 6) is 0. The van der Waals surface area contributed by atoms with Crippen molar-refractivity contribution >= 4 is 14.0 Å². The van der Waals surface area contributed by atoms with Gasteiger partial charge in [-0.3, -0.25) is 9.80 Å². The van der Waals surface area contributed by atoms with E-state index in [1.807, 2.05) is 0 Å². The van der Waals surface area contributed by atoms with Gasteiger partial charge in [-0.25, -0.2) is 0 Å². The standard InChI is InChI=1S/C27H37N3OSi/c1-26(2,3)32(4,5)31-18-22-23-24-27(15-16-29(24)17-19-11-7-6-8-12-19)20-13-9-10-14-21(20)28-25(27)30(22)23/h6-14,22-25,28H,15-18H2,1-5H3/t22-,23+,24+,25+,27-,30?/m0/s1. The number of likely N-dealkylation sites (tertiary alicyclic amines) is 1. The first-order valence-corrected chi connectivity index (χ1v) is 15.2. The molecule has 2 aromatic rings. The van der Waals surface area contributed by atoms with Crippen molar-refractivity contribution in [3.05, 3.63) is 65.7 Å². The summed E-state index contributed by atoms with van der Waals surface area (Å²) in [6, 6.07) is 21.8. The van der Waals surface area contributed by atoms with Gasteiger partial charge in [0.15, 0.2) is 8.32 Å². The summed E-state index contributed by atoms with van der Waals surface area (Å²) in [7, 11) is -1.75. The zero-order chi connectivity index (χ0) is 22.3. The lowest BCUT2D eigenvalue weighted by Gasteiger charge is -2.38. The second-order valence-corrected chi connectivity index (χ2v) is 16.7. The first-order chi connectivity index (χ1) is 15.2. The summed E-state index contributed by atoms with van der Waals surface area (Å²) < 4.78 is 6.73. The van der Waals surface area contributed by atoms with Crippen LogP contribution >= 0.6 is 0 Å². The summed E-state index contributed by atoms with van der Waals surface area (Å²) in [5.41, 5.74) is 4.53. The van der Waals surface area contributed by atoms with E-state index < -0.39 is 8.32 Å². The normalized spacial score (nSPS) is 35.1. The van der Waals surface area contributed by atoms with E-state index in [1.54, 1.807) is 5.56 Å². The molecule has 0 radical (unpaired) electrons. The van der Waals surface area contributed by atoms with Crippen LogP contribution in [0.5, 0.6) is 0 Å². The third-order valence-electron chi connectivity index (χ3n) is 9.25. The molecule has 0 aromatic heterocycles. The molecule has 170 valence electrons. The van der Waals surface area contributed by atoms with Crippen molar-refractivity contribution in [1.82, 2.24) is 9.80 Å². The lowest BCUT2D eigenvalue weighted by atomic mass is 9.73. The fourth-order valence-corrected chi connectivity index (χ4v) is 7.60. The Morgan fingerprint density at radius 3 is 2.53 bits per heavy atom. The molecule has 2 aromatic carbocycles. The van der Waals surface area contributed by atoms with Gasteiger partial charge in [-0.1, -0.05) is 69.3 Å². The molecule has 3 fully saturated rings. The Hall–Kier alpha value is -1.66. The van der Waals surface area contributed by atoms with Gasteiger partial charge < -0.3 is 9.74 Å². The molecule has 32 heavy (non-hydrogen) atoms. The van der Waals surface area contributed by atoms with E-state index in [-0.39, 0.29) is 10.5 Å². The minimum absolute atomic E-state index is 0.212. The van der Waals surface area contributed by atoms with Crippen LogP contribution in [0.1, 0.15) is 38.3 Å². The zero-order valence-corrected chi connectivity index (χ0v) is 21.1. The zero-order valence-electron chi connectivity index (χ0n) is 20.1. The molecule has 0 aliphatic carbocycles. The fourth-order valence-electron chi connectivity index (χ4n) is 6.58. The van der Waals surface area contributed by atoms with Crippen molar-refractivity contribution in [3.8, 4) is 0 Å². The van der Waals surface area contributed by atoms with Gasteiger partial charge in [0.2, 0.25) is 0 Å². The van der Waals surface area contributed by atoms with E-state index in [0.29, 0.717) is 24.3 Å². The topological polar surface area (TPSA) is 27.5 Å². The average Bonchev–Trinajstić information content (AvgIpc) is 3.02. The van der Waals surface area contributed by atoms with Gasteiger partial charge >= 0.3 is 0 Å². The summed E-state index contributed by atoms with van der Waals surface area (Å²) in [6.45, 7) is 14.9. The van der Waals surface area contributed by atoms with E-state index in [9.17, 15) is 0 Å². The van der Waals surface area contributed by atoms with Crippen LogP contribution in [0.15, 0.2) is 54.6 Å². The number of hydrogen-bond donors (Lipinski definition) is 1. The highest BCUT2D eigenvalue weighted by molar-refractivity contribution is 6.74. The molecule has 0 bridgehead atoms. The van der Waals surface area contributed by atoms with Crippen LogP contribution in [0.25, 0.3) is 0 Å². The Balaban J connectivity index is 1.30. The van der Waals surface area contributed by atoms with Crippen LogP contribution in [-0.4, -0.2) is 55.6 Å². The molecular weight excluding hydrogens is 410 g/mol. The monoisotopic (exact) mass is 447 g/mol. The van der Waals surface area contributed by atoms with Gasteiger partial charge in [-0.15, -0.1) is 0 Å². The predicted molar refractivity (Wildman–Crippen MR) is 133 cm³/mol. The van der Waals surface area contributed by atoms with E-state index in [2.05, 4.69) is 104 Å². The van der Waals surface area contributed by atoms with Crippen molar-refractivity contribution in [3.63, 3.8) is 0 Å². The van der Waals surface area contributed by atoms with Crippen LogP contribution in [0.3, 0.4) is 0 Å². The Kier molecular flexibility index (Phi) is 4.52. The molecule has 0 saturated carbocycles. The van der Waals surface area contributed by atoms with Crippen LogP contribution in [0, 0.1) is 0 Å². The van der Waals surface area contributed by atoms with Crippen molar-refractivity contribution in [2.24, 2.45) is 0 Å². The van der Waals surface area contributed by atoms with Crippen LogP contribution in [-0.2, 0) is 16.4 Å². The van der Waals surface area contributed by atoms with Crippen molar-refractivity contribution in [2.75, 3.05) is 18.5 Å². The number of anilines is 1. The maximum atomic E-state index is 6.73. The molecule has 4 nitrogen and oxygen atoms in total. The average molecular weight is 448 g/mol. The van der Waals surface area contributed by atoms with Gasteiger partial charge in [-0.2, -0.15) is 0 Å². The maximum absolute atomic E-state index is 6.73. The molecule has 0 amide bonds. The largest absolute Gasteiger partial charge is 0.415 e. The highest BCUT2D eigenvalue weighted by atomic mass is 28.4. The summed E-state index contributed by atoms with van der Waals surface area (Å²) >= 11 is 0. The Bertz CT molecular complexity index is 1020. The van der Waals surface area contributed by atoms with Gasteiger partial charge in [0.05, 0.1) is 18.8 Å². The number of fused-ring (bicyclic) bond motifs is 4. The Morgan fingerprint density at radius 2 is 1.78 bits per heavy atom. The molecule has 4 aliphatic heterocycles. The molecule has 6 atom stereocenters. The third kappa shape index (κ3) is 2.84. The predicted octanol–water partition coefficient (Wildman–Crippen LogP) is 5.04. The minimum atomic E-state index is -1.75. The number of para-hydroxylation sites is 1. The lowest BCUT2D eigenvalue weighted by Crippen LogP contribution is -2.51. The van der Waals surface area contributed by atoms with E-state index in [1.165, 1.54) is 24.2 Å². The van der Waals surface area contributed by atoms with Crippen molar-refractivity contribution < 1.29 is 4.43 Å². The molecule has 3 saturated heterocycles. The van der Waals surface area contributed by atoms with Gasteiger partial charge in [0.25, 0.3) is 0 Å². The second kappa shape index (κ2) is 6.92. The van der Waals surface area contributed by atoms with Gasteiger partial charge in [-0.05, 0) is 48.3 Å². The lowest BCUT2D eigenvalue weighted by molar-refractivity contribution is 0.188. The number of piperidine rings is 1. The smallest absolute Gasteiger partial charge is 0.192 e. The van der Waals surface area contributed by atoms with Crippen LogP contribution in [0.2, 0.25) is 18.1 Å². The molecule has 5 heteroatoms. The molecule has 6 rings (SSSR count). The van der Waals surface area contributed by atoms with E-state index in [4.69, 9.17) is 4.43 Å². The number of rotatable bonds is 5.